The van der Waals surface area contributed by atoms with Crippen molar-refractivity contribution in [3.05, 3.63) is 71.3 Å². The average Bonchev–Trinajstić information content (AvgIpc) is 3.31. The van der Waals surface area contributed by atoms with Crippen LogP contribution < -0.4 is 5.32 Å². The molecule has 1 saturated carbocycles. The minimum Gasteiger partial charge on any atom is -0.310 e. The number of hydrogen-bond acceptors (Lipinski definition) is 1. The first-order valence-corrected chi connectivity index (χ1v) is 8.14. The highest BCUT2D eigenvalue weighted by molar-refractivity contribution is 5.31. The Bertz CT molecular complexity index is 558. The lowest BCUT2D eigenvalue weighted by Gasteiger charge is -2.20. The van der Waals surface area contributed by atoms with Crippen molar-refractivity contribution < 1.29 is 0 Å². The van der Waals surface area contributed by atoms with Gasteiger partial charge in [-0.1, -0.05) is 67.1 Å². The van der Waals surface area contributed by atoms with E-state index in [1.807, 2.05) is 0 Å². The summed E-state index contributed by atoms with van der Waals surface area (Å²) < 4.78 is 0. The Balaban J connectivity index is 1.76. The Morgan fingerprint density at radius 1 is 1.05 bits per heavy atom. The Morgan fingerprint density at radius 2 is 1.76 bits per heavy atom. The van der Waals surface area contributed by atoms with Gasteiger partial charge in [-0.15, -0.1) is 0 Å². The first-order valence-electron chi connectivity index (χ1n) is 8.14. The van der Waals surface area contributed by atoms with Crippen molar-refractivity contribution in [1.29, 1.82) is 0 Å². The van der Waals surface area contributed by atoms with Gasteiger partial charge in [0.15, 0.2) is 0 Å². The van der Waals surface area contributed by atoms with E-state index in [-0.39, 0.29) is 0 Å². The van der Waals surface area contributed by atoms with Gasteiger partial charge >= 0.3 is 0 Å². The molecule has 0 bridgehead atoms. The third kappa shape index (κ3) is 3.36. The highest BCUT2D eigenvalue weighted by Crippen LogP contribution is 2.54. The predicted molar refractivity (Wildman–Crippen MR) is 89.5 cm³/mol. The summed E-state index contributed by atoms with van der Waals surface area (Å²) in [4.78, 5) is 0. The Labute approximate surface area is 128 Å². The van der Waals surface area contributed by atoms with Crippen molar-refractivity contribution in [2.75, 3.05) is 6.54 Å². The van der Waals surface area contributed by atoms with Gasteiger partial charge < -0.3 is 5.32 Å². The van der Waals surface area contributed by atoms with Gasteiger partial charge in [0.1, 0.15) is 0 Å². The first-order chi connectivity index (χ1) is 10.3. The van der Waals surface area contributed by atoms with Crippen molar-refractivity contribution in [2.24, 2.45) is 5.92 Å². The zero-order valence-electron chi connectivity index (χ0n) is 13.0. The van der Waals surface area contributed by atoms with Gasteiger partial charge in [0.25, 0.3) is 0 Å². The fraction of sp³-hybridized carbons (Fsp3) is 0.400. The highest BCUT2D eigenvalue weighted by atomic mass is 14.9. The van der Waals surface area contributed by atoms with Crippen LogP contribution in [0, 0.1) is 12.8 Å². The maximum absolute atomic E-state index is 3.77. The normalized spacial score (nSPS) is 22.0. The second-order valence-corrected chi connectivity index (χ2v) is 6.26. The zero-order chi connectivity index (χ0) is 14.7. The number of rotatable bonds is 6. The zero-order valence-corrected chi connectivity index (χ0v) is 13.0. The van der Waals surface area contributed by atoms with Gasteiger partial charge in [0.2, 0.25) is 0 Å². The van der Waals surface area contributed by atoms with Crippen molar-refractivity contribution in [2.45, 2.75) is 38.6 Å². The highest BCUT2D eigenvalue weighted by Gasteiger charge is 2.43. The monoisotopic (exact) mass is 279 g/mol. The molecule has 0 heterocycles. The molecular weight excluding hydrogens is 254 g/mol. The van der Waals surface area contributed by atoms with Crippen LogP contribution in [0.5, 0.6) is 0 Å². The largest absolute Gasteiger partial charge is 0.310 e. The standard InChI is InChI=1S/C20H25N/c1-3-13-21-20(17-11-9-15(2)10-12-17)19-14-18(19)16-7-5-4-6-8-16/h4-12,18-21H,3,13-14H2,1-2H3. The fourth-order valence-corrected chi connectivity index (χ4v) is 3.26. The second-order valence-electron chi connectivity index (χ2n) is 6.26. The molecular formula is C20H25N. The second kappa shape index (κ2) is 6.44. The molecule has 0 spiro atoms. The van der Waals surface area contributed by atoms with Crippen LogP contribution in [0.25, 0.3) is 0 Å². The molecule has 1 aliphatic rings. The molecule has 21 heavy (non-hydrogen) atoms. The van der Waals surface area contributed by atoms with Gasteiger partial charge in [0.05, 0.1) is 0 Å². The molecule has 3 atom stereocenters. The topological polar surface area (TPSA) is 12.0 Å². The maximum Gasteiger partial charge on any atom is 0.0354 e. The van der Waals surface area contributed by atoms with Crippen LogP contribution in [-0.2, 0) is 0 Å². The molecule has 2 aromatic rings. The summed E-state index contributed by atoms with van der Waals surface area (Å²) in [6, 6.07) is 20.5. The maximum atomic E-state index is 3.77. The summed E-state index contributed by atoms with van der Waals surface area (Å²) in [5.74, 6) is 1.46. The van der Waals surface area contributed by atoms with Crippen molar-refractivity contribution in [3.63, 3.8) is 0 Å². The van der Waals surface area contributed by atoms with E-state index in [0.29, 0.717) is 6.04 Å². The summed E-state index contributed by atoms with van der Waals surface area (Å²) in [6.07, 6.45) is 2.49. The molecule has 1 fully saturated rings. The van der Waals surface area contributed by atoms with Gasteiger partial charge in [-0.25, -0.2) is 0 Å². The summed E-state index contributed by atoms with van der Waals surface area (Å²) >= 11 is 0. The van der Waals surface area contributed by atoms with Crippen LogP contribution in [0.3, 0.4) is 0 Å². The number of nitrogens with one attached hydrogen (secondary N) is 1. The number of aryl methyl sites for hydroxylation is 1. The van der Waals surface area contributed by atoms with E-state index < -0.39 is 0 Å². The molecule has 0 saturated heterocycles. The fourth-order valence-electron chi connectivity index (χ4n) is 3.26. The van der Waals surface area contributed by atoms with E-state index in [9.17, 15) is 0 Å². The summed E-state index contributed by atoms with van der Waals surface area (Å²) in [6.45, 7) is 5.49. The quantitative estimate of drug-likeness (QED) is 0.798. The lowest BCUT2D eigenvalue weighted by atomic mass is 9.97. The van der Waals surface area contributed by atoms with E-state index in [0.717, 1.165) is 18.4 Å². The molecule has 0 aromatic heterocycles. The first kappa shape index (κ1) is 14.3. The van der Waals surface area contributed by atoms with E-state index in [1.165, 1.54) is 29.5 Å². The lowest BCUT2D eigenvalue weighted by Crippen LogP contribution is -2.24. The molecule has 1 N–H and O–H groups in total. The van der Waals surface area contributed by atoms with Crippen molar-refractivity contribution in [3.8, 4) is 0 Å². The van der Waals surface area contributed by atoms with Crippen LogP contribution in [0.1, 0.15) is 48.4 Å². The van der Waals surface area contributed by atoms with Gasteiger partial charge in [-0.3, -0.25) is 0 Å². The van der Waals surface area contributed by atoms with Gasteiger partial charge in [-0.05, 0) is 49.3 Å². The van der Waals surface area contributed by atoms with Gasteiger partial charge in [0, 0.05) is 6.04 Å². The molecule has 0 aliphatic heterocycles. The van der Waals surface area contributed by atoms with E-state index >= 15 is 0 Å². The Kier molecular flexibility index (Phi) is 4.40. The van der Waals surface area contributed by atoms with Crippen molar-refractivity contribution in [1.82, 2.24) is 5.32 Å². The van der Waals surface area contributed by atoms with E-state index in [2.05, 4.69) is 73.8 Å². The van der Waals surface area contributed by atoms with Crippen LogP contribution >= 0.6 is 0 Å². The molecule has 110 valence electrons. The number of hydrogen-bond donors (Lipinski definition) is 1. The summed E-state index contributed by atoms with van der Waals surface area (Å²) in [7, 11) is 0. The SMILES string of the molecule is CCCNC(c1ccc(C)cc1)C1CC1c1ccccc1. The molecule has 1 heteroatoms. The molecule has 1 nitrogen and oxygen atoms in total. The molecule has 3 unspecified atom stereocenters. The minimum atomic E-state index is 0.496. The van der Waals surface area contributed by atoms with Crippen LogP contribution in [0.15, 0.2) is 54.6 Å². The van der Waals surface area contributed by atoms with Gasteiger partial charge in [-0.2, -0.15) is 0 Å². The van der Waals surface area contributed by atoms with Crippen LogP contribution in [-0.4, -0.2) is 6.54 Å². The predicted octanol–water partition coefficient (Wildman–Crippen LogP) is 4.84. The smallest absolute Gasteiger partial charge is 0.0354 e. The molecule has 1 aliphatic carbocycles. The lowest BCUT2D eigenvalue weighted by molar-refractivity contribution is 0.473. The van der Waals surface area contributed by atoms with Crippen LogP contribution in [0.2, 0.25) is 0 Å². The minimum absolute atomic E-state index is 0.496. The Morgan fingerprint density at radius 3 is 2.43 bits per heavy atom. The third-order valence-electron chi connectivity index (χ3n) is 4.55. The van der Waals surface area contributed by atoms with Crippen molar-refractivity contribution >= 4 is 0 Å². The summed E-state index contributed by atoms with van der Waals surface area (Å²) in [5.41, 5.74) is 4.28. The van der Waals surface area contributed by atoms with E-state index in [1.54, 1.807) is 0 Å². The summed E-state index contributed by atoms with van der Waals surface area (Å²) in [5, 5.41) is 3.77. The van der Waals surface area contributed by atoms with Crippen LogP contribution in [0.4, 0.5) is 0 Å². The molecule has 2 aromatic carbocycles. The molecule has 0 radical (unpaired) electrons. The molecule has 3 rings (SSSR count). The Hall–Kier alpha value is -1.60. The average molecular weight is 279 g/mol. The van der Waals surface area contributed by atoms with E-state index in [4.69, 9.17) is 0 Å². The number of benzene rings is 2. The third-order valence-corrected chi connectivity index (χ3v) is 4.55. The molecule has 0 amide bonds.